The quantitative estimate of drug-likeness (QED) is 0.632. The molecule has 0 spiro atoms. The summed E-state index contributed by atoms with van der Waals surface area (Å²) < 4.78 is 0. The van der Waals surface area contributed by atoms with Gasteiger partial charge in [0.1, 0.15) is 0 Å². The first-order chi connectivity index (χ1) is 9.06. The number of nitrogens with zero attached hydrogens (tertiary/aromatic N) is 1. The van der Waals surface area contributed by atoms with E-state index in [9.17, 15) is 0 Å². The number of hydrogen-bond donors (Lipinski definition) is 2. The average Bonchev–Trinajstić information content (AvgIpc) is 2.37. The van der Waals surface area contributed by atoms with E-state index in [1.807, 2.05) is 25.1 Å². The SMILES string of the molecule is Cc1ccc(Cl)cc1NC(=S)Nc1cccnc1Cl. The molecule has 2 aromatic rings. The Labute approximate surface area is 127 Å². The second kappa shape index (κ2) is 6.19. The van der Waals surface area contributed by atoms with Crippen LogP contribution in [0.5, 0.6) is 0 Å². The first-order valence-electron chi connectivity index (χ1n) is 5.51. The van der Waals surface area contributed by atoms with Crippen molar-refractivity contribution >= 4 is 51.9 Å². The third-order valence-corrected chi connectivity index (χ3v) is 3.20. The summed E-state index contributed by atoms with van der Waals surface area (Å²) >= 11 is 17.1. The van der Waals surface area contributed by atoms with Crippen LogP contribution >= 0.6 is 35.4 Å². The molecule has 0 aliphatic rings. The summed E-state index contributed by atoms with van der Waals surface area (Å²) in [4.78, 5) is 3.97. The highest BCUT2D eigenvalue weighted by molar-refractivity contribution is 7.80. The highest BCUT2D eigenvalue weighted by Gasteiger charge is 2.05. The number of rotatable bonds is 2. The molecule has 1 aromatic heterocycles. The van der Waals surface area contributed by atoms with E-state index in [2.05, 4.69) is 15.6 Å². The Morgan fingerprint density at radius 1 is 1.16 bits per heavy atom. The number of hydrogen-bond acceptors (Lipinski definition) is 2. The predicted octanol–water partition coefficient (Wildman–Crippen LogP) is 4.51. The third kappa shape index (κ3) is 3.80. The number of aromatic nitrogens is 1. The van der Waals surface area contributed by atoms with Gasteiger partial charge in [-0.05, 0) is 49.0 Å². The van der Waals surface area contributed by atoms with Gasteiger partial charge in [-0.25, -0.2) is 4.98 Å². The standard InChI is InChI=1S/C13H11Cl2N3S/c1-8-4-5-9(14)7-11(8)18-13(19)17-10-3-2-6-16-12(10)15/h2-7H,1H3,(H2,17,18,19). The van der Waals surface area contributed by atoms with E-state index in [0.717, 1.165) is 11.3 Å². The smallest absolute Gasteiger partial charge is 0.175 e. The zero-order valence-corrected chi connectivity index (χ0v) is 12.4. The fourth-order valence-corrected chi connectivity index (χ4v) is 2.04. The Balaban J connectivity index is 2.10. The van der Waals surface area contributed by atoms with Crippen LogP contribution in [-0.4, -0.2) is 10.1 Å². The Kier molecular flexibility index (Phi) is 4.58. The van der Waals surface area contributed by atoms with Gasteiger partial charge < -0.3 is 10.6 Å². The molecule has 0 fully saturated rings. The Hall–Kier alpha value is -1.36. The van der Waals surface area contributed by atoms with E-state index in [1.54, 1.807) is 18.3 Å². The van der Waals surface area contributed by atoms with Gasteiger partial charge in [-0.15, -0.1) is 0 Å². The zero-order valence-electron chi connectivity index (χ0n) is 10.1. The van der Waals surface area contributed by atoms with Gasteiger partial charge in [-0.1, -0.05) is 29.3 Å². The van der Waals surface area contributed by atoms with E-state index >= 15 is 0 Å². The van der Waals surface area contributed by atoms with Gasteiger partial charge >= 0.3 is 0 Å². The molecule has 2 rings (SSSR count). The average molecular weight is 312 g/mol. The lowest BCUT2D eigenvalue weighted by atomic mass is 10.2. The van der Waals surface area contributed by atoms with E-state index in [-0.39, 0.29) is 0 Å². The molecule has 0 saturated carbocycles. The number of aryl methyl sites for hydroxylation is 1. The van der Waals surface area contributed by atoms with Crippen molar-refractivity contribution in [1.82, 2.24) is 4.98 Å². The number of thiocarbonyl (C=S) groups is 1. The number of halogens is 2. The summed E-state index contributed by atoms with van der Waals surface area (Å²) in [5, 5.41) is 7.51. The van der Waals surface area contributed by atoms with Crippen molar-refractivity contribution in [2.45, 2.75) is 6.92 Å². The zero-order chi connectivity index (χ0) is 13.8. The molecule has 0 saturated heterocycles. The second-order valence-corrected chi connectivity index (χ2v) is 5.08. The topological polar surface area (TPSA) is 37.0 Å². The molecule has 6 heteroatoms. The first kappa shape index (κ1) is 14.1. The van der Waals surface area contributed by atoms with Crippen LogP contribution in [-0.2, 0) is 0 Å². The van der Waals surface area contributed by atoms with Crippen molar-refractivity contribution in [2.24, 2.45) is 0 Å². The molecule has 1 aromatic carbocycles. The van der Waals surface area contributed by atoms with Gasteiger partial charge in [0.25, 0.3) is 0 Å². The number of benzene rings is 1. The van der Waals surface area contributed by atoms with Crippen LogP contribution in [0.15, 0.2) is 36.5 Å². The van der Waals surface area contributed by atoms with Crippen LogP contribution < -0.4 is 10.6 Å². The molecule has 0 aliphatic heterocycles. The normalized spacial score (nSPS) is 10.1. The number of pyridine rings is 1. The minimum atomic E-state index is 0.370. The molecule has 0 radical (unpaired) electrons. The molecule has 19 heavy (non-hydrogen) atoms. The lowest BCUT2D eigenvalue weighted by Gasteiger charge is -2.13. The van der Waals surface area contributed by atoms with Crippen LogP contribution in [0.4, 0.5) is 11.4 Å². The van der Waals surface area contributed by atoms with Crippen molar-refractivity contribution in [1.29, 1.82) is 0 Å². The van der Waals surface area contributed by atoms with Crippen LogP contribution in [0.1, 0.15) is 5.56 Å². The van der Waals surface area contributed by atoms with Gasteiger partial charge in [0, 0.05) is 16.9 Å². The maximum atomic E-state index is 5.95. The molecule has 3 nitrogen and oxygen atoms in total. The van der Waals surface area contributed by atoms with Gasteiger partial charge in [-0.3, -0.25) is 0 Å². The van der Waals surface area contributed by atoms with Crippen LogP contribution in [0.25, 0.3) is 0 Å². The van der Waals surface area contributed by atoms with Crippen LogP contribution in [0.2, 0.25) is 10.2 Å². The molecule has 0 atom stereocenters. The molecular weight excluding hydrogens is 301 g/mol. The van der Waals surface area contributed by atoms with E-state index in [0.29, 0.717) is 21.0 Å². The van der Waals surface area contributed by atoms with Crippen molar-refractivity contribution in [3.63, 3.8) is 0 Å². The largest absolute Gasteiger partial charge is 0.332 e. The van der Waals surface area contributed by atoms with Crippen molar-refractivity contribution < 1.29 is 0 Å². The highest BCUT2D eigenvalue weighted by Crippen LogP contribution is 2.21. The van der Waals surface area contributed by atoms with Gasteiger partial charge in [0.05, 0.1) is 5.69 Å². The molecular formula is C13H11Cl2N3S. The van der Waals surface area contributed by atoms with Crippen LogP contribution in [0, 0.1) is 6.92 Å². The summed E-state index contributed by atoms with van der Waals surface area (Å²) in [6, 6.07) is 9.15. The minimum absolute atomic E-state index is 0.370. The molecule has 98 valence electrons. The lowest BCUT2D eigenvalue weighted by molar-refractivity contribution is 1.33. The summed E-state index contributed by atoms with van der Waals surface area (Å²) in [5.41, 5.74) is 2.55. The summed E-state index contributed by atoms with van der Waals surface area (Å²) in [6.07, 6.45) is 1.62. The summed E-state index contributed by atoms with van der Waals surface area (Å²) in [7, 11) is 0. The first-order valence-corrected chi connectivity index (χ1v) is 6.67. The maximum Gasteiger partial charge on any atom is 0.175 e. The Bertz CT molecular complexity index is 617. The van der Waals surface area contributed by atoms with E-state index in [4.69, 9.17) is 35.4 Å². The second-order valence-electron chi connectivity index (χ2n) is 3.88. The number of anilines is 2. The van der Waals surface area contributed by atoms with Crippen molar-refractivity contribution in [2.75, 3.05) is 10.6 Å². The summed E-state index contributed by atoms with van der Waals surface area (Å²) in [5.74, 6) is 0. The Morgan fingerprint density at radius 2 is 1.89 bits per heavy atom. The molecule has 0 amide bonds. The van der Waals surface area contributed by atoms with Crippen molar-refractivity contribution in [3.8, 4) is 0 Å². The van der Waals surface area contributed by atoms with Gasteiger partial charge in [0.15, 0.2) is 10.3 Å². The fraction of sp³-hybridized carbons (Fsp3) is 0.0769. The highest BCUT2D eigenvalue weighted by atomic mass is 35.5. The number of nitrogens with one attached hydrogen (secondary N) is 2. The van der Waals surface area contributed by atoms with E-state index in [1.165, 1.54) is 0 Å². The molecule has 0 aliphatic carbocycles. The molecule has 1 heterocycles. The van der Waals surface area contributed by atoms with Gasteiger partial charge in [-0.2, -0.15) is 0 Å². The monoisotopic (exact) mass is 311 g/mol. The molecule has 0 unspecified atom stereocenters. The summed E-state index contributed by atoms with van der Waals surface area (Å²) in [6.45, 7) is 1.97. The van der Waals surface area contributed by atoms with Crippen LogP contribution in [0.3, 0.4) is 0 Å². The maximum absolute atomic E-state index is 5.95. The lowest BCUT2D eigenvalue weighted by Crippen LogP contribution is -2.20. The van der Waals surface area contributed by atoms with E-state index < -0.39 is 0 Å². The molecule has 2 N–H and O–H groups in total. The minimum Gasteiger partial charge on any atom is -0.332 e. The predicted molar refractivity (Wildman–Crippen MR) is 85.3 cm³/mol. The Morgan fingerprint density at radius 3 is 2.63 bits per heavy atom. The fourth-order valence-electron chi connectivity index (χ4n) is 1.48. The third-order valence-electron chi connectivity index (χ3n) is 2.46. The molecule has 0 bridgehead atoms. The van der Waals surface area contributed by atoms with Gasteiger partial charge in [0.2, 0.25) is 0 Å². The van der Waals surface area contributed by atoms with Crippen molar-refractivity contribution in [3.05, 3.63) is 52.3 Å².